The lowest BCUT2D eigenvalue weighted by Gasteiger charge is -2.48. The number of hydrogen-bond acceptors (Lipinski definition) is 5. The van der Waals surface area contributed by atoms with Crippen LogP contribution in [0.25, 0.3) is 0 Å². The van der Waals surface area contributed by atoms with Crippen molar-refractivity contribution in [3.05, 3.63) is 58.6 Å². The molecule has 1 aliphatic heterocycles. The predicted octanol–water partition coefficient (Wildman–Crippen LogP) is 3.72. The molecule has 0 spiro atoms. The normalized spacial score (nSPS) is 18.2. The lowest BCUT2D eigenvalue weighted by atomic mass is 9.71. The van der Waals surface area contributed by atoms with E-state index in [1.54, 1.807) is 4.57 Å². The SMILES string of the molecule is C=C(NC)C1(NC(=O)C(=O)c2c(C)c(C(=O)N/C=C/C=N/C(=C(\C)F)C(F)F)n3c2CCC3)CC(F)(F)C1. The molecule has 3 rings (SSSR count). The summed E-state index contributed by atoms with van der Waals surface area (Å²) in [5, 5.41) is 7.50. The van der Waals surface area contributed by atoms with Crippen molar-refractivity contribution < 1.29 is 36.3 Å². The third kappa shape index (κ3) is 5.55. The number of carbonyl (C=O) groups is 3. The van der Waals surface area contributed by atoms with Crippen molar-refractivity contribution in [2.24, 2.45) is 4.99 Å². The van der Waals surface area contributed by atoms with Gasteiger partial charge in [0.15, 0.2) is 0 Å². The Balaban J connectivity index is 1.80. The monoisotopic (exact) mass is 541 g/mol. The fraction of sp³-hybridized carbons (Fsp3) is 0.440. The number of ketones is 1. The van der Waals surface area contributed by atoms with Gasteiger partial charge in [-0.25, -0.2) is 22.0 Å². The molecule has 0 saturated heterocycles. The number of alkyl halides is 4. The Morgan fingerprint density at radius 1 is 1.21 bits per heavy atom. The minimum absolute atomic E-state index is 0.0251. The zero-order valence-corrected chi connectivity index (χ0v) is 21.1. The molecule has 38 heavy (non-hydrogen) atoms. The van der Waals surface area contributed by atoms with Gasteiger partial charge in [0.25, 0.3) is 29.9 Å². The molecule has 1 fully saturated rings. The van der Waals surface area contributed by atoms with Crippen LogP contribution in [0.4, 0.5) is 22.0 Å². The van der Waals surface area contributed by atoms with Crippen LogP contribution in [0.5, 0.6) is 0 Å². The van der Waals surface area contributed by atoms with Crippen molar-refractivity contribution >= 4 is 23.8 Å². The summed E-state index contributed by atoms with van der Waals surface area (Å²) in [4.78, 5) is 42.3. The number of aliphatic imine (C=N–C) groups is 1. The second-order valence-electron chi connectivity index (χ2n) is 9.18. The number of nitrogens with one attached hydrogen (secondary N) is 3. The van der Waals surface area contributed by atoms with E-state index < -0.39 is 59.9 Å². The van der Waals surface area contributed by atoms with E-state index in [-0.39, 0.29) is 22.5 Å². The summed E-state index contributed by atoms with van der Waals surface area (Å²) < 4.78 is 67.5. The van der Waals surface area contributed by atoms with Crippen LogP contribution >= 0.6 is 0 Å². The van der Waals surface area contributed by atoms with Gasteiger partial charge in [0, 0.05) is 50.2 Å². The minimum atomic E-state index is -3.11. The number of aromatic nitrogens is 1. The number of hydrogen-bond donors (Lipinski definition) is 3. The Labute approximate surface area is 215 Å². The van der Waals surface area contributed by atoms with E-state index in [9.17, 15) is 36.3 Å². The highest BCUT2D eigenvalue weighted by Gasteiger charge is 2.59. The van der Waals surface area contributed by atoms with Crippen LogP contribution in [-0.4, -0.2) is 53.3 Å². The largest absolute Gasteiger partial charge is 0.390 e. The van der Waals surface area contributed by atoms with Crippen molar-refractivity contribution in [3.63, 3.8) is 0 Å². The van der Waals surface area contributed by atoms with Gasteiger partial charge in [-0.05, 0) is 38.3 Å². The van der Waals surface area contributed by atoms with Gasteiger partial charge in [0.05, 0.1) is 11.1 Å². The van der Waals surface area contributed by atoms with Crippen LogP contribution in [0.2, 0.25) is 0 Å². The Bertz CT molecular complexity index is 1250. The molecule has 2 amide bonds. The first-order chi connectivity index (χ1) is 17.7. The van der Waals surface area contributed by atoms with E-state index in [2.05, 4.69) is 27.5 Å². The number of Topliss-reactive ketones (excluding diaryl/α,β-unsaturated/α-hetero) is 1. The van der Waals surface area contributed by atoms with Gasteiger partial charge < -0.3 is 20.5 Å². The van der Waals surface area contributed by atoms with Crippen LogP contribution < -0.4 is 16.0 Å². The van der Waals surface area contributed by atoms with Crippen LogP contribution in [0, 0.1) is 6.92 Å². The highest BCUT2D eigenvalue weighted by Crippen LogP contribution is 2.48. The van der Waals surface area contributed by atoms with E-state index in [0.717, 1.165) is 25.4 Å². The lowest BCUT2D eigenvalue weighted by Crippen LogP contribution is -2.65. The fourth-order valence-corrected chi connectivity index (χ4v) is 4.80. The summed E-state index contributed by atoms with van der Waals surface area (Å²) in [6.07, 6.45) is -0.365. The van der Waals surface area contributed by atoms with Gasteiger partial charge in [-0.3, -0.25) is 19.4 Å². The van der Waals surface area contributed by atoms with E-state index >= 15 is 0 Å². The average molecular weight is 542 g/mol. The number of rotatable bonds is 10. The number of nitrogens with zero attached hydrogens (tertiary/aromatic N) is 2. The van der Waals surface area contributed by atoms with Crippen molar-refractivity contribution in [2.75, 3.05) is 7.05 Å². The first-order valence-electron chi connectivity index (χ1n) is 11.7. The van der Waals surface area contributed by atoms with Crippen molar-refractivity contribution in [1.82, 2.24) is 20.5 Å². The second-order valence-corrected chi connectivity index (χ2v) is 9.18. The molecule has 0 aromatic carbocycles. The van der Waals surface area contributed by atoms with Gasteiger partial charge in [-0.1, -0.05) is 6.58 Å². The van der Waals surface area contributed by atoms with E-state index in [1.165, 1.54) is 14.0 Å². The maximum Gasteiger partial charge on any atom is 0.293 e. The van der Waals surface area contributed by atoms with Crippen molar-refractivity contribution in [1.29, 1.82) is 0 Å². The molecule has 2 aliphatic rings. The second kappa shape index (κ2) is 10.9. The van der Waals surface area contributed by atoms with Crippen LogP contribution in [0.15, 0.2) is 41.1 Å². The molecule has 0 radical (unpaired) electrons. The third-order valence-electron chi connectivity index (χ3n) is 6.58. The third-order valence-corrected chi connectivity index (χ3v) is 6.58. The maximum atomic E-state index is 13.7. The number of carbonyl (C=O) groups excluding carboxylic acids is 3. The molecular weight excluding hydrogens is 513 g/mol. The number of allylic oxidation sites excluding steroid dienone is 3. The molecule has 206 valence electrons. The Hall–Kier alpha value is -3.77. The van der Waals surface area contributed by atoms with Gasteiger partial charge in [0.2, 0.25) is 0 Å². The summed E-state index contributed by atoms with van der Waals surface area (Å²) in [7, 11) is 1.47. The van der Waals surface area contributed by atoms with Gasteiger partial charge in [0.1, 0.15) is 17.2 Å². The predicted molar refractivity (Wildman–Crippen MR) is 130 cm³/mol. The summed E-state index contributed by atoms with van der Waals surface area (Å²) >= 11 is 0. The first kappa shape index (κ1) is 28.8. The molecule has 0 unspecified atom stereocenters. The number of fused-ring (bicyclic) bond motifs is 1. The molecule has 1 aromatic heterocycles. The molecule has 3 N–H and O–H groups in total. The summed E-state index contributed by atoms with van der Waals surface area (Å²) in [6, 6.07) is 0. The molecule has 8 nitrogen and oxygen atoms in total. The summed E-state index contributed by atoms with van der Waals surface area (Å²) in [5.41, 5.74) is -1.51. The molecular formula is C25H28F5N5O3. The van der Waals surface area contributed by atoms with Gasteiger partial charge in [-0.15, -0.1) is 0 Å². The number of halogens is 5. The van der Waals surface area contributed by atoms with Gasteiger partial charge in [-0.2, -0.15) is 0 Å². The Morgan fingerprint density at radius 2 is 1.87 bits per heavy atom. The van der Waals surface area contributed by atoms with Crippen LogP contribution in [0.3, 0.4) is 0 Å². The van der Waals surface area contributed by atoms with Crippen molar-refractivity contribution in [2.45, 2.75) is 64.0 Å². The highest BCUT2D eigenvalue weighted by atomic mass is 19.3. The molecule has 13 heteroatoms. The molecule has 1 aromatic rings. The smallest absolute Gasteiger partial charge is 0.293 e. The Morgan fingerprint density at radius 3 is 2.42 bits per heavy atom. The minimum Gasteiger partial charge on any atom is -0.390 e. The van der Waals surface area contributed by atoms with E-state index in [1.807, 2.05) is 0 Å². The lowest BCUT2D eigenvalue weighted by molar-refractivity contribution is -0.138. The van der Waals surface area contributed by atoms with Gasteiger partial charge >= 0.3 is 0 Å². The summed E-state index contributed by atoms with van der Waals surface area (Å²) in [5.74, 6) is -6.83. The molecule has 0 bridgehead atoms. The van der Waals surface area contributed by atoms with E-state index in [0.29, 0.717) is 25.1 Å². The zero-order valence-electron chi connectivity index (χ0n) is 21.1. The highest BCUT2D eigenvalue weighted by molar-refractivity contribution is 6.44. The number of amides is 2. The summed E-state index contributed by atoms with van der Waals surface area (Å²) in [6.45, 7) is 6.43. The van der Waals surface area contributed by atoms with E-state index in [4.69, 9.17) is 0 Å². The quantitative estimate of drug-likeness (QED) is 0.182. The first-order valence-corrected chi connectivity index (χ1v) is 11.7. The standard InChI is InChI=1S/C25H28F5N5O3/c1-13-17(20(36)23(38)34-24(15(3)31-4)11-25(29,30)12-24)16-7-5-10-35(16)19(13)22(37)33-9-6-8-32-18(14(2)26)21(27)28/h6,8-9,21,31H,3,5,7,10-12H2,1-2,4H3,(H,33,37)(H,34,38)/b9-6+,18-14+,32-8+. The fourth-order valence-electron chi connectivity index (χ4n) is 4.80. The van der Waals surface area contributed by atoms with Crippen LogP contribution in [-0.2, 0) is 17.8 Å². The molecule has 0 atom stereocenters. The average Bonchev–Trinajstić information content (AvgIpc) is 3.37. The van der Waals surface area contributed by atoms with Crippen LogP contribution in [0.1, 0.15) is 58.3 Å². The maximum absolute atomic E-state index is 13.7. The molecule has 2 heterocycles. The Kier molecular flexibility index (Phi) is 8.27. The zero-order chi connectivity index (χ0) is 28.4. The topological polar surface area (TPSA) is 105 Å². The number of likely N-dealkylation sites (N-methyl/N-ethyl adjacent to an activating group) is 1. The molecule has 1 aliphatic carbocycles. The van der Waals surface area contributed by atoms with Crippen molar-refractivity contribution in [3.8, 4) is 0 Å². The molecule has 1 saturated carbocycles.